The van der Waals surface area contributed by atoms with Crippen molar-refractivity contribution in [2.45, 2.75) is 12.5 Å². The van der Waals surface area contributed by atoms with Crippen LogP contribution in [0.4, 0.5) is 5.95 Å². The molecule has 1 atom stereocenters. The van der Waals surface area contributed by atoms with Crippen molar-refractivity contribution in [2.75, 3.05) is 24.2 Å². The van der Waals surface area contributed by atoms with Crippen LogP contribution in [0, 0.1) is 0 Å². The first kappa shape index (κ1) is 16.9. The standard InChI is InChI=1S/C19H20N4O2S/c1-26(24,25)22-17-9-11-23(13-17)19-20-10-8-18(21-19)16-7-6-14-4-2-3-5-15(14)12-16/h2-8,10,12,17,22H,9,11,13H2,1H3. The van der Waals surface area contributed by atoms with Crippen molar-refractivity contribution in [3.8, 4) is 11.3 Å². The van der Waals surface area contributed by atoms with Gasteiger partial charge >= 0.3 is 0 Å². The van der Waals surface area contributed by atoms with Gasteiger partial charge in [0.1, 0.15) is 0 Å². The number of benzene rings is 2. The van der Waals surface area contributed by atoms with E-state index in [1.165, 1.54) is 17.0 Å². The van der Waals surface area contributed by atoms with Gasteiger partial charge in [0.2, 0.25) is 16.0 Å². The Morgan fingerprint density at radius 2 is 1.92 bits per heavy atom. The van der Waals surface area contributed by atoms with Crippen LogP contribution in [0.5, 0.6) is 0 Å². The van der Waals surface area contributed by atoms with E-state index in [0.717, 1.165) is 24.2 Å². The molecule has 1 N–H and O–H groups in total. The molecule has 1 aromatic heterocycles. The third-order valence-electron chi connectivity index (χ3n) is 4.54. The number of hydrogen-bond acceptors (Lipinski definition) is 5. The van der Waals surface area contributed by atoms with Gasteiger partial charge in [-0.05, 0) is 29.3 Å². The second kappa shape index (κ2) is 6.66. The maximum atomic E-state index is 11.4. The van der Waals surface area contributed by atoms with Crippen LogP contribution in [0.2, 0.25) is 0 Å². The Morgan fingerprint density at radius 1 is 1.12 bits per heavy atom. The largest absolute Gasteiger partial charge is 0.339 e. The number of fused-ring (bicyclic) bond motifs is 1. The molecule has 0 saturated carbocycles. The van der Waals surface area contributed by atoms with E-state index in [2.05, 4.69) is 40.0 Å². The lowest BCUT2D eigenvalue weighted by atomic mass is 10.1. The fraction of sp³-hybridized carbons (Fsp3) is 0.263. The van der Waals surface area contributed by atoms with Gasteiger partial charge < -0.3 is 4.90 Å². The molecular formula is C19H20N4O2S. The molecule has 134 valence electrons. The monoisotopic (exact) mass is 368 g/mol. The average Bonchev–Trinajstić information content (AvgIpc) is 3.08. The van der Waals surface area contributed by atoms with Gasteiger partial charge in [-0.1, -0.05) is 36.4 Å². The molecule has 0 amide bonds. The minimum atomic E-state index is -3.20. The third-order valence-corrected chi connectivity index (χ3v) is 5.30. The van der Waals surface area contributed by atoms with E-state index in [9.17, 15) is 8.42 Å². The molecule has 0 spiro atoms. The lowest BCUT2D eigenvalue weighted by Gasteiger charge is -2.17. The number of nitrogens with zero attached hydrogens (tertiary/aromatic N) is 3. The van der Waals surface area contributed by atoms with Crippen molar-refractivity contribution in [1.82, 2.24) is 14.7 Å². The first-order chi connectivity index (χ1) is 12.5. The van der Waals surface area contributed by atoms with Crippen LogP contribution >= 0.6 is 0 Å². The maximum absolute atomic E-state index is 11.4. The van der Waals surface area contributed by atoms with E-state index in [1.54, 1.807) is 6.20 Å². The Balaban J connectivity index is 1.58. The quantitative estimate of drug-likeness (QED) is 0.765. The Morgan fingerprint density at radius 3 is 2.73 bits per heavy atom. The van der Waals surface area contributed by atoms with Crippen LogP contribution in [0.15, 0.2) is 54.7 Å². The summed E-state index contributed by atoms with van der Waals surface area (Å²) in [5.41, 5.74) is 1.90. The van der Waals surface area contributed by atoms with E-state index >= 15 is 0 Å². The van der Waals surface area contributed by atoms with Gasteiger partial charge in [-0.15, -0.1) is 0 Å². The molecule has 6 nitrogen and oxygen atoms in total. The van der Waals surface area contributed by atoms with Crippen molar-refractivity contribution in [3.05, 3.63) is 54.7 Å². The van der Waals surface area contributed by atoms with E-state index in [1.807, 2.05) is 23.1 Å². The first-order valence-corrected chi connectivity index (χ1v) is 10.4. The molecule has 2 heterocycles. The summed E-state index contributed by atoms with van der Waals surface area (Å²) < 4.78 is 25.5. The number of sulfonamides is 1. The zero-order valence-corrected chi connectivity index (χ0v) is 15.3. The summed E-state index contributed by atoms with van der Waals surface area (Å²) in [7, 11) is -3.20. The van der Waals surface area contributed by atoms with Gasteiger partial charge in [-0.25, -0.2) is 23.1 Å². The van der Waals surface area contributed by atoms with Crippen LogP contribution < -0.4 is 9.62 Å². The molecule has 2 aromatic carbocycles. The number of hydrogen-bond donors (Lipinski definition) is 1. The van der Waals surface area contributed by atoms with E-state index in [4.69, 9.17) is 4.98 Å². The Kier molecular flexibility index (Phi) is 4.34. The Labute approximate surface area is 152 Å². The Bertz CT molecular complexity index is 1050. The fourth-order valence-electron chi connectivity index (χ4n) is 3.35. The van der Waals surface area contributed by atoms with Crippen LogP contribution in [0.3, 0.4) is 0 Å². The summed E-state index contributed by atoms with van der Waals surface area (Å²) in [5.74, 6) is 0.633. The summed E-state index contributed by atoms with van der Waals surface area (Å²) in [6, 6.07) is 16.3. The van der Waals surface area contributed by atoms with E-state index in [0.29, 0.717) is 12.5 Å². The highest BCUT2D eigenvalue weighted by atomic mass is 32.2. The van der Waals surface area contributed by atoms with Crippen molar-refractivity contribution < 1.29 is 8.42 Å². The molecule has 0 radical (unpaired) electrons. The first-order valence-electron chi connectivity index (χ1n) is 8.52. The summed E-state index contributed by atoms with van der Waals surface area (Å²) in [4.78, 5) is 11.1. The number of rotatable bonds is 4. The molecule has 0 aliphatic carbocycles. The van der Waals surface area contributed by atoms with Gasteiger partial charge in [0.05, 0.1) is 11.9 Å². The summed E-state index contributed by atoms with van der Waals surface area (Å²) in [6.45, 7) is 1.31. The molecule has 0 bridgehead atoms. The molecule has 1 unspecified atom stereocenters. The van der Waals surface area contributed by atoms with Gasteiger partial charge in [0, 0.05) is 30.9 Å². The minimum absolute atomic E-state index is 0.0991. The van der Waals surface area contributed by atoms with Crippen molar-refractivity contribution in [2.24, 2.45) is 0 Å². The fourth-order valence-corrected chi connectivity index (χ4v) is 4.15. The molecule has 1 fully saturated rings. The van der Waals surface area contributed by atoms with Gasteiger partial charge in [-0.3, -0.25) is 0 Å². The number of anilines is 1. The summed E-state index contributed by atoms with van der Waals surface area (Å²) >= 11 is 0. The maximum Gasteiger partial charge on any atom is 0.225 e. The van der Waals surface area contributed by atoms with Crippen LogP contribution in [0.25, 0.3) is 22.0 Å². The second-order valence-corrected chi connectivity index (χ2v) is 8.41. The van der Waals surface area contributed by atoms with Crippen LogP contribution in [0.1, 0.15) is 6.42 Å². The highest BCUT2D eigenvalue weighted by Gasteiger charge is 2.26. The van der Waals surface area contributed by atoms with Crippen molar-refractivity contribution in [3.63, 3.8) is 0 Å². The minimum Gasteiger partial charge on any atom is -0.339 e. The Hall–Kier alpha value is -2.51. The lowest BCUT2D eigenvalue weighted by molar-refractivity contribution is 0.567. The van der Waals surface area contributed by atoms with Gasteiger partial charge in [-0.2, -0.15) is 0 Å². The van der Waals surface area contributed by atoms with Crippen LogP contribution in [-0.2, 0) is 10.0 Å². The molecule has 1 aliphatic rings. The summed E-state index contributed by atoms with van der Waals surface area (Å²) in [6.07, 6.45) is 3.69. The topological polar surface area (TPSA) is 75.2 Å². The van der Waals surface area contributed by atoms with E-state index in [-0.39, 0.29) is 6.04 Å². The normalized spacial score (nSPS) is 17.7. The van der Waals surface area contributed by atoms with Gasteiger partial charge in [0.15, 0.2) is 0 Å². The lowest BCUT2D eigenvalue weighted by Crippen LogP contribution is -2.36. The highest BCUT2D eigenvalue weighted by Crippen LogP contribution is 2.25. The van der Waals surface area contributed by atoms with Crippen molar-refractivity contribution in [1.29, 1.82) is 0 Å². The summed E-state index contributed by atoms with van der Waals surface area (Å²) in [5, 5.41) is 2.36. The molecule has 3 aromatic rings. The second-order valence-electron chi connectivity index (χ2n) is 6.63. The highest BCUT2D eigenvalue weighted by molar-refractivity contribution is 7.88. The number of nitrogens with one attached hydrogen (secondary N) is 1. The zero-order valence-electron chi connectivity index (χ0n) is 14.5. The van der Waals surface area contributed by atoms with E-state index < -0.39 is 10.0 Å². The molecule has 26 heavy (non-hydrogen) atoms. The molecular weight excluding hydrogens is 348 g/mol. The molecule has 4 rings (SSSR count). The average molecular weight is 368 g/mol. The predicted molar refractivity (Wildman–Crippen MR) is 104 cm³/mol. The van der Waals surface area contributed by atoms with Crippen LogP contribution in [-0.4, -0.2) is 43.8 Å². The number of aromatic nitrogens is 2. The van der Waals surface area contributed by atoms with Gasteiger partial charge in [0.25, 0.3) is 0 Å². The predicted octanol–water partition coefficient (Wildman–Crippen LogP) is 2.42. The molecule has 1 aliphatic heterocycles. The SMILES string of the molecule is CS(=O)(=O)NC1CCN(c2nccc(-c3ccc4ccccc4c3)n2)C1. The zero-order chi connectivity index (χ0) is 18.1. The van der Waals surface area contributed by atoms with Crippen molar-refractivity contribution >= 4 is 26.7 Å². The molecule has 7 heteroatoms. The third kappa shape index (κ3) is 3.68. The smallest absolute Gasteiger partial charge is 0.225 e. The molecule has 1 saturated heterocycles.